The summed E-state index contributed by atoms with van der Waals surface area (Å²) in [5.41, 5.74) is 5.58. The second kappa shape index (κ2) is 8.87. The lowest BCUT2D eigenvalue weighted by Gasteiger charge is -2.28. The minimum absolute atomic E-state index is 0.0567. The Morgan fingerprint density at radius 3 is 2.59 bits per heavy atom. The number of likely N-dealkylation sites (tertiary alicyclic amines) is 1. The Morgan fingerprint density at radius 2 is 1.79 bits per heavy atom. The molecule has 150 valence electrons. The van der Waals surface area contributed by atoms with Crippen LogP contribution in [0.15, 0.2) is 59.7 Å². The average molecular weight is 393 g/mol. The summed E-state index contributed by atoms with van der Waals surface area (Å²) >= 11 is 0. The lowest BCUT2D eigenvalue weighted by molar-refractivity contribution is -0.914. The molecule has 2 aliphatic rings. The van der Waals surface area contributed by atoms with E-state index < -0.39 is 0 Å². The fourth-order valence-corrected chi connectivity index (χ4v) is 3.71. The minimum Gasteiger partial charge on any atom is -0.482 e. The number of hydrogen-bond acceptors (Lipinski definition) is 4. The molecule has 4 rings (SSSR count). The molecule has 0 bridgehead atoms. The molecule has 2 aliphatic heterocycles. The standard InChI is InChI=1S/C22H24N4O3/c27-21(15-26-19-8-4-5-9-20(19)29-16-22(26)28)24-23-18-10-12-25(13-11-18)14-17-6-2-1-3-7-17/h1-9H,10-16H2,(H,24,27)/p+1. The number of nitrogens with one attached hydrogen (secondary N) is 2. The maximum Gasteiger partial charge on any atom is 0.265 e. The van der Waals surface area contributed by atoms with Gasteiger partial charge in [0, 0.05) is 24.1 Å². The predicted molar refractivity (Wildman–Crippen MR) is 110 cm³/mol. The van der Waals surface area contributed by atoms with Crippen LogP contribution in [0.25, 0.3) is 0 Å². The van der Waals surface area contributed by atoms with E-state index in [9.17, 15) is 9.59 Å². The Labute approximate surface area is 169 Å². The molecular weight excluding hydrogens is 368 g/mol. The first kappa shape index (κ1) is 19.1. The van der Waals surface area contributed by atoms with Gasteiger partial charge in [0.1, 0.15) is 18.8 Å². The highest BCUT2D eigenvalue weighted by molar-refractivity contribution is 6.02. The van der Waals surface area contributed by atoms with Crippen LogP contribution in [0.1, 0.15) is 18.4 Å². The van der Waals surface area contributed by atoms with Gasteiger partial charge in [0.25, 0.3) is 11.8 Å². The molecule has 7 heteroatoms. The molecule has 0 atom stereocenters. The number of hydrazone groups is 1. The molecule has 1 fully saturated rings. The Bertz CT molecular complexity index is 903. The Kier molecular flexibility index (Phi) is 5.86. The van der Waals surface area contributed by atoms with Crippen LogP contribution < -0.4 is 20.0 Å². The normalized spacial score (nSPS) is 18.6. The molecule has 0 spiro atoms. The van der Waals surface area contributed by atoms with Crippen LogP contribution in [0.5, 0.6) is 5.75 Å². The third kappa shape index (κ3) is 4.81. The van der Waals surface area contributed by atoms with Crippen molar-refractivity contribution in [2.45, 2.75) is 19.4 Å². The Hall–Kier alpha value is -3.19. The summed E-state index contributed by atoms with van der Waals surface area (Å²) in [7, 11) is 0. The summed E-state index contributed by atoms with van der Waals surface area (Å²) in [6, 6.07) is 17.7. The molecule has 2 N–H and O–H groups in total. The number of benzene rings is 2. The molecule has 2 aromatic rings. The van der Waals surface area contributed by atoms with Crippen molar-refractivity contribution in [3.05, 3.63) is 60.2 Å². The zero-order valence-corrected chi connectivity index (χ0v) is 16.3. The molecule has 0 aliphatic carbocycles. The summed E-state index contributed by atoms with van der Waals surface area (Å²) in [5, 5.41) is 4.31. The van der Waals surface area contributed by atoms with Gasteiger partial charge >= 0.3 is 0 Å². The summed E-state index contributed by atoms with van der Waals surface area (Å²) < 4.78 is 5.40. The van der Waals surface area contributed by atoms with Crippen molar-refractivity contribution in [3.63, 3.8) is 0 Å². The molecule has 0 saturated carbocycles. The maximum absolute atomic E-state index is 12.4. The van der Waals surface area contributed by atoms with Crippen molar-refractivity contribution in [1.29, 1.82) is 0 Å². The molecule has 0 radical (unpaired) electrons. The monoisotopic (exact) mass is 393 g/mol. The third-order valence-corrected chi connectivity index (χ3v) is 5.28. The van der Waals surface area contributed by atoms with E-state index in [-0.39, 0.29) is 25.0 Å². The van der Waals surface area contributed by atoms with E-state index in [1.54, 1.807) is 12.1 Å². The van der Waals surface area contributed by atoms with Gasteiger partial charge in [-0.25, -0.2) is 5.43 Å². The van der Waals surface area contributed by atoms with Crippen LogP contribution >= 0.6 is 0 Å². The molecule has 7 nitrogen and oxygen atoms in total. The average Bonchev–Trinajstić information content (AvgIpc) is 2.76. The smallest absolute Gasteiger partial charge is 0.265 e. The summed E-state index contributed by atoms with van der Waals surface area (Å²) in [6.45, 7) is 2.89. The first-order valence-electron chi connectivity index (χ1n) is 9.93. The van der Waals surface area contributed by atoms with Crippen LogP contribution in [0, 0.1) is 0 Å². The van der Waals surface area contributed by atoms with Crippen LogP contribution in [0.2, 0.25) is 0 Å². The lowest BCUT2D eigenvalue weighted by atomic mass is 10.1. The third-order valence-electron chi connectivity index (χ3n) is 5.28. The van der Waals surface area contributed by atoms with E-state index in [1.807, 2.05) is 18.2 Å². The van der Waals surface area contributed by atoms with E-state index >= 15 is 0 Å². The van der Waals surface area contributed by atoms with Gasteiger partial charge in [0.2, 0.25) is 0 Å². The number of carbonyl (C=O) groups is 2. The van der Waals surface area contributed by atoms with E-state index in [4.69, 9.17) is 4.74 Å². The van der Waals surface area contributed by atoms with Crippen LogP contribution in [-0.2, 0) is 16.1 Å². The molecule has 0 aromatic heterocycles. The van der Waals surface area contributed by atoms with Crippen LogP contribution in [0.3, 0.4) is 0 Å². The number of hydrogen-bond donors (Lipinski definition) is 2. The molecule has 1 saturated heterocycles. The molecule has 2 amide bonds. The highest BCUT2D eigenvalue weighted by atomic mass is 16.5. The Balaban J connectivity index is 1.28. The maximum atomic E-state index is 12.4. The van der Waals surface area contributed by atoms with Crippen molar-refractivity contribution in [2.75, 3.05) is 31.1 Å². The Morgan fingerprint density at radius 1 is 1.07 bits per heavy atom. The van der Waals surface area contributed by atoms with E-state index in [1.165, 1.54) is 15.4 Å². The molecule has 2 aromatic carbocycles. The van der Waals surface area contributed by atoms with Gasteiger partial charge in [-0.05, 0) is 12.1 Å². The number of ether oxygens (including phenoxy) is 1. The predicted octanol–water partition coefficient (Wildman–Crippen LogP) is 0.763. The van der Waals surface area contributed by atoms with Gasteiger partial charge < -0.3 is 9.64 Å². The second-order valence-electron chi connectivity index (χ2n) is 7.36. The topological polar surface area (TPSA) is 75.4 Å². The van der Waals surface area contributed by atoms with Crippen molar-refractivity contribution in [2.24, 2.45) is 5.10 Å². The first-order valence-corrected chi connectivity index (χ1v) is 9.93. The van der Waals surface area contributed by atoms with Crippen molar-refractivity contribution < 1.29 is 19.2 Å². The number of piperidine rings is 1. The van der Waals surface area contributed by atoms with E-state index in [2.05, 4.69) is 34.8 Å². The number of nitrogens with zero attached hydrogens (tertiary/aromatic N) is 2. The summed E-state index contributed by atoms with van der Waals surface area (Å²) in [5.74, 6) is 0.0749. The largest absolute Gasteiger partial charge is 0.482 e. The second-order valence-corrected chi connectivity index (χ2v) is 7.36. The number of anilines is 1. The fraction of sp³-hybridized carbons (Fsp3) is 0.318. The summed E-state index contributed by atoms with van der Waals surface area (Å²) in [4.78, 5) is 27.5. The number of para-hydroxylation sites is 2. The minimum atomic E-state index is -0.304. The van der Waals surface area contributed by atoms with Crippen LogP contribution in [0.4, 0.5) is 5.69 Å². The zero-order valence-electron chi connectivity index (χ0n) is 16.3. The highest BCUT2D eigenvalue weighted by Crippen LogP contribution is 2.31. The van der Waals surface area contributed by atoms with Crippen molar-refractivity contribution in [1.82, 2.24) is 5.43 Å². The van der Waals surface area contributed by atoms with Gasteiger partial charge in [-0.15, -0.1) is 0 Å². The lowest BCUT2D eigenvalue weighted by Crippen LogP contribution is -3.11. The number of quaternary nitrogens is 1. The first-order chi connectivity index (χ1) is 14.2. The van der Waals surface area contributed by atoms with Gasteiger partial charge in [0.15, 0.2) is 6.61 Å². The molecule has 29 heavy (non-hydrogen) atoms. The number of fused-ring (bicyclic) bond motifs is 1. The van der Waals surface area contributed by atoms with Gasteiger partial charge in [0.05, 0.1) is 18.8 Å². The molecule has 0 unspecified atom stereocenters. The highest BCUT2D eigenvalue weighted by Gasteiger charge is 2.27. The van der Waals surface area contributed by atoms with E-state index in [0.29, 0.717) is 11.4 Å². The molecule has 2 heterocycles. The SMILES string of the molecule is O=C(CN1C(=O)COc2ccccc21)NN=C1CC[NH+](Cc2ccccc2)CC1. The van der Waals surface area contributed by atoms with Gasteiger partial charge in [-0.1, -0.05) is 42.5 Å². The van der Waals surface area contributed by atoms with E-state index in [0.717, 1.165) is 38.2 Å². The van der Waals surface area contributed by atoms with Gasteiger partial charge in [-0.2, -0.15) is 5.10 Å². The van der Waals surface area contributed by atoms with Crippen molar-refractivity contribution in [3.8, 4) is 5.75 Å². The fourth-order valence-electron chi connectivity index (χ4n) is 3.71. The zero-order chi connectivity index (χ0) is 20.1. The van der Waals surface area contributed by atoms with Gasteiger partial charge in [-0.3, -0.25) is 14.5 Å². The van der Waals surface area contributed by atoms with Crippen LogP contribution in [-0.4, -0.2) is 43.8 Å². The molecular formula is C22H25N4O3+. The number of rotatable bonds is 5. The quantitative estimate of drug-likeness (QED) is 0.737. The number of amides is 2. The summed E-state index contributed by atoms with van der Waals surface area (Å²) in [6.07, 6.45) is 1.73. The van der Waals surface area contributed by atoms with Crippen molar-refractivity contribution >= 4 is 23.2 Å². The number of carbonyl (C=O) groups excluding carboxylic acids is 2.